The number of fused-ring (bicyclic) bond motifs is 2. The summed E-state index contributed by atoms with van der Waals surface area (Å²) in [6, 6.07) is 1.32. The van der Waals surface area contributed by atoms with Crippen LogP contribution in [0.5, 0.6) is 23.0 Å². The molecule has 4 N–H and O–H groups in total. The highest BCUT2D eigenvalue weighted by atomic mass is 16.5. The van der Waals surface area contributed by atoms with Crippen molar-refractivity contribution in [2.45, 2.75) is 92.6 Å². The van der Waals surface area contributed by atoms with Crippen LogP contribution < -0.4 is 10.2 Å². The van der Waals surface area contributed by atoms with E-state index < -0.39 is 11.0 Å². The van der Waals surface area contributed by atoms with E-state index in [1.807, 2.05) is 53.7 Å². The SMILES string of the molecule is COc1c(O)cc2oc3c(CC=C(C)C)c(O)c(CC=C(C)C)c(O)c3c(=O)c2c1CCC(C)(O)CCC=C(C)C. The monoisotopic (exact) mass is 564 g/mol. The number of hydrogen-bond donors (Lipinski definition) is 4. The van der Waals surface area contributed by atoms with Crippen molar-refractivity contribution in [1.29, 1.82) is 0 Å². The fraction of sp³-hybridized carbons (Fsp3) is 0.441. The van der Waals surface area contributed by atoms with Crippen molar-refractivity contribution in [2.24, 2.45) is 0 Å². The quantitative estimate of drug-likeness (QED) is 0.140. The standard InChI is InChI=1S/C34H44O7/c1-19(2)10-9-16-34(7,39)17-15-22-27-26(18-25(35)32(22)40-8)41-33-24(14-12-21(5)6)29(36)23(13-11-20(3)4)30(37)28(33)31(27)38/h10-12,18,35-37,39H,9,13-17H2,1-8H3. The van der Waals surface area contributed by atoms with Gasteiger partial charge in [-0.05, 0) is 87.0 Å². The molecule has 0 aliphatic rings. The number of ether oxygens (including phenoxy) is 1. The van der Waals surface area contributed by atoms with Gasteiger partial charge in [-0.1, -0.05) is 34.9 Å². The van der Waals surface area contributed by atoms with Gasteiger partial charge in [-0.15, -0.1) is 0 Å². The smallest absolute Gasteiger partial charge is 0.204 e. The van der Waals surface area contributed by atoms with Gasteiger partial charge in [0, 0.05) is 22.8 Å². The Morgan fingerprint density at radius 2 is 1.44 bits per heavy atom. The molecule has 0 spiro atoms. The first kappa shape index (κ1) is 31.8. The van der Waals surface area contributed by atoms with Crippen LogP contribution in [0.1, 0.15) is 84.4 Å². The molecule has 0 amide bonds. The van der Waals surface area contributed by atoms with Gasteiger partial charge in [0.05, 0.1) is 18.1 Å². The second-order valence-electron chi connectivity index (χ2n) is 11.9. The number of phenols is 3. The van der Waals surface area contributed by atoms with E-state index in [9.17, 15) is 25.2 Å². The van der Waals surface area contributed by atoms with E-state index in [-0.39, 0.29) is 69.8 Å². The Morgan fingerprint density at radius 1 is 0.854 bits per heavy atom. The van der Waals surface area contributed by atoms with E-state index in [1.165, 1.54) is 18.7 Å². The summed E-state index contributed by atoms with van der Waals surface area (Å²) in [7, 11) is 1.41. The number of rotatable bonds is 11. The van der Waals surface area contributed by atoms with Crippen LogP contribution in [-0.2, 0) is 19.3 Å². The first-order valence-electron chi connectivity index (χ1n) is 14.1. The third-order valence-corrected chi connectivity index (χ3v) is 7.37. The van der Waals surface area contributed by atoms with E-state index in [2.05, 4.69) is 6.08 Å². The van der Waals surface area contributed by atoms with Gasteiger partial charge in [0.2, 0.25) is 5.43 Å². The lowest BCUT2D eigenvalue weighted by Gasteiger charge is -2.24. The van der Waals surface area contributed by atoms with Gasteiger partial charge in [0.15, 0.2) is 11.5 Å². The molecular formula is C34H44O7. The lowest BCUT2D eigenvalue weighted by atomic mass is 9.89. The molecule has 41 heavy (non-hydrogen) atoms. The molecule has 7 heteroatoms. The van der Waals surface area contributed by atoms with Gasteiger partial charge >= 0.3 is 0 Å². The Morgan fingerprint density at radius 3 is 2.00 bits per heavy atom. The highest BCUT2D eigenvalue weighted by Gasteiger charge is 2.28. The van der Waals surface area contributed by atoms with Crippen LogP contribution in [0, 0.1) is 0 Å². The van der Waals surface area contributed by atoms with Crippen LogP contribution in [-0.4, -0.2) is 33.1 Å². The minimum atomic E-state index is -1.03. The van der Waals surface area contributed by atoms with E-state index in [0.29, 0.717) is 30.4 Å². The molecule has 0 radical (unpaired) electrons. The first-order valence-corrected chi connectivity index (χ1v) is 14.1. The van der Waals surface area contributed by atoms with Gasteiger partial charge in [-0.25, -0.2) is 0 Å². The summed E-state index contributed by atoms with van der Waals surface area (Å²) in [6.45, 7) is 13.5. The molecular weight excluding hydrogens is 520 g/mol. The Bertz CT molecular complexity index is 1590. The predicted octanol–water partition coefficient (Wildman–Crippen LogP) is 7.52. The summed E-state index contributed by atoms with van der Waals surface area (Å²) in [5.41, 5.74) is 2.86. The third kappa shape index (κ3) is 7.14. The Hall–Kier alpha value is -3.71. The van der Waals surface area contributed by atoms with Gasteiger partial charge in [-0.2, -0.15) is 0 Å². The number of aromatic hydroxyl groups is 3. The second-order valence-corrected chi connectivity index (χ2v) is 11.9. The third-order valence-electron chi connectivity index (χ3n) is 7.37. The number of aryl methyl sites for hydroxylation is 1. The minimum absolute atomic E-state index is 0.0334. The molecule has 7 nitrogen and oxygen atoms in total. The van der Waals surface area contributed by atoms with Crippen LogP contribution >= 0.6 is 0 Å². The highest BCUT2D eigenvalue weighted by Crippen LogP contribution is 2.43. The van der Waals surface area contributed by atoms with Gasteiger partial charge in [-0.3, -0.25) is 4.79 Å². The number of aliphatic hydroxyl groups is 1. The lowest BCUT2D eigenvalue weighted by Crippen LogP contribution is -2.25. The predicted molar refractivity (Wildman–Crippen MR) is 165 cm³/mol. The summed E-state index contributed by atoms with van der Waals surface area (Å²) in [5.74, 6) is -0.547. The molecule has 0 saturated heterocycles. The zero-order chi connectivity index (χ0) is 30.6. The molecule has 1 heterocycles. The average molecular weight is 565 g/mol. The van der Waals surface area contributed by atoms with Crippen LogP contribution in [0.3, 0.4) is 0 Å². The molecule has 0 aliphatic heterocycles. The normalized spacial score (nSPS) is 12.7. The van der Waals surface area contributed by atoms with Gasteiger partial charge in [0.25, 0.3) is 0 Å². The van der Waals surface area contributed by atoms with E-state index in [1.54, 1.807) is 6.92 Å². The van der Waals surface area contributed by atoms with Gasteiger partial charge in [0.1, 0.15) is 28.1 Å². The maximum atomic E-state index is 14.2. The Kier molecular flexibility index (Phi) is 9.98. The van der Waals surface area contributed by atoms with Crippen molar-refractivity contribution in [3.63, 3.8) is 0 Å². The number of hydrogen-bond acceptors (Lipinski definition) is 7. The molecule has 3 rings (SSSR count). The number of benzene rings is 2. The Labute approximate surface area is 242 Å². The fourth-order valence-electron chi connectivity index (χ4n) is 5.03. The summed E-state index contributed by atoms with van der Waals surface area (Å²) in [4.78, 5) is 14.2. The number of phenolic OH excluding ortho intramolecular Hbond substituents is 3. The number of methoxy groups -OCH3 is 1. The van der Waals surface area contributed by atoms with Crippen molar-refractivity contribution in [2.75, 3.05) is 7.11 Å². The van der Waals surface area contributed by atoms with Crippen molar-refractivity contribution in [1.82, 2.24) is 0 Å². The summed E-state index contributed by atoms with van der Waals surface area (Å²) >= 11 is 0. The number of allylic oxidation sites excluding steroid dienone is 6. The van der Waals surface area contributed by atoms with Crippen LogP contribution in [0.4, 0.5) is 0 Å². The van der Waals surface area contributed by atoms with Crippen LogP contribution in [0.2, 0.25) is 0 Å². The second kappa shape index (κ2) is 12.9. The van der Waals surface area contributed by atoms with Crippen LogP contribution in [0.15, 0.2) is 50.2 Å². The van der Waals surface area contributed by atoms with Gasteiger partial charge < -0.3 is 29.6 Å². The molecule has 0 bridgehead atoms. The fourth-order valence-corrected chi connectivity index (χ4v) is 5.03. The minimum Gasteiger partial charge on any atom is -0.507 e. The van der Waals surface area contributed by atoms with Crippen molar-refractivity contribution in [3.8, 4) is 23.0 Å². The molecule has 1 atom stereocenters. The maximum absolute atomic E-state index is 14.2. The molecule has 1 aromatic heterocycles. The Balaban J connectivity index is 2.35. The molecule has 222 valence electrons. The molecule has 3 aromatic rings. The zero-order valence-electron chi connectivity index (χ0n) is 25.6. The largest absolute Gasteiger partial charge is 0.507 e. The average Bonchev–Trinajstić information content (AvgIpc) is 2.86. The highest BCUT2D eigenvalue weighted by molar-refractivity contribution is 5.99. The molecule has 1 unspecified atom stereocenters. The molecule has 0 saturated carbocycles. The summed E-state index contributed by atoms with van der Waals surface area (Å²) in [5, 5.41) is 44.7. The molecule has 2 aromatic carbocycles. The lowest BCUT2D eigenvalue weighted by molar-refractivity contribution is 0.0432. The van der Waals surface area contributed by atoms with E-state index in [0.717, 1.165) is 11.1 Å². The topological polar surface area (TPSA) is 120 Å². The van der Waals surface area contributed by atoms with Crippen molar-refractivity contribution in [3.05, 3.63) is 67.9 Å². The van der Waals surface area contributed by atoms with Crippen LogP contribution in [0.25, 0.3) is 21.9 Å². The molecule has 0 fully saturated rings. The first-order chi connectivity index (χ1) is 19.2. The summed E-state index contributed by atoms with van der Waals surface area (Å²) < 4.78 is 11.7. The van der Waals surface area contributed by atoms with E-state index in [4.69, 9.17) is 9.15 Å². The van der Waals surface area contributed by atoms with E-state index >= 15 is 0 Å². The maximum Gasteiger partial charge on any atom is 0.204 e. The van der Waals surface area contributed by atoms with Crippen molar-refractivity contribution < 1.29 is 29.6 Å². The summed E-state index contributed by atoms with van der Waals surface area (Å²) in [6.07, 6.45) is 8.12. The molecule has 0 aliphatic carbocycles. The zero-order valence-corrected chi connectivity index (χ0v) is 25.6. The van der Waals surface area contributed by atoms with Crippen molar-refractivity contribution >= 4 is 21.9 Å².